The fourth-order valence-electron chi connectivity index (χ4n) is 1.34. The van der Waals surface area contributed by atoms with Crippen molar-refractivity contribution in [2.45, 2.75) is 18.7 Å². The van der Waals surface area contributed by atoms with E-state index >= 15 is 0 Å². The molecule has 86 valence electrons. The van der Waals surface area contributed by atoms with Crippen LogP contribution in [0.4, 0.5) is 4.39 Å². The molecule has 0 aromatic carbocycles. The molecule has 1 rings (SSSR count). The normalized spacial score (nSPS) is 13.6. The molecule has 0 bridgehead atoms. The highest BCUT2D eigenvalue weighted by Gasteiger charge is 2.18. The maximum Gasteiger partial charge on any atom is 0.178 e. The first kappa shape index (κ1) is 12.9. The lowest BCUT2D eigenvalue weighted by Gasteiger charge is -2.02. The van der Waals surface area contributed by atoms with Crippen molar-refractivity contribution < 1.29 is 9.18 Å². The summed E-state index contributed by atoms with van der Waals surface area (Å²) in [6, 6.07) is 0. The molecular formula is C12H13BrFNO. The smallest absolute Gasteiger partial charge is 0.178 e. The SMILES string of the molecule is C=C/C(F)=C\c1c(C(=O)C(C)Br)c[nH]c1C. The van der Waals surface area contributed by atoms with Crippen LogP contribution in [0.1, 0.15) is 28.5 Å². The van der Waals surface area contributed by atoms with Gasteiger partial charge in [-0.2, -0.15) is 0 Å². The summed E-state index contributed by atoms with van der Waals surface area (Å²) < 4.78 is 13.1. The second-order valence-corrected chi connectivity index (χ2v) is 4.83. The van der Waals surface area contributed by atoms with Gasteiger partial charge >= 0.3 is 0 Å². The molecule has 0 radical (unpaired) electrons. The zero-order valence-corrected chi connectivity index (χ0v) is 10.8. The van der Waals surface area contributed by atoms with Gasteiger partial charge in [-0.15, -0.1) is 0 Å². The van der Waals surface area contributed by atoms with E-state index in [1.165, 1.54) is 6.08 Å². The molecule has 0 aliphatic heterocycles. The third-order valence-electron chi connectivity index (χ3n) is 2.23. The first-order chi connectivity index (χ1) is 7.47. The topological polar surface area (TPSA) is 32.9 Å². The number of nitrogens with one attached hydrogen (secondary N) is 1. The van der Waals surface area contributed by atoms with Crippen LogP contribution >= 0.6 is 15.9 Å². The summed E-state index contributed by atoms with van der Waals surface area (Å²) in [7, 11) is 0. The maximum absolute atomic E-state index is 13.1. The van der Waals surface area contributed by atoms with Crippen molar-refractivity contribution in [1.82, 2.24) is 4.98 Å². The van der Waals surface area contributed by atoms with Crippen molar-refractivity contribution >= 4 is 27.8 Å². The number of carbonyl (C=O) groups is 1. The number of Topliss-reactive ketones (excluding diaryl/α,β-unsaturated/α-hetero) is 1. The predicted molar refractivity (Wildman–Crippen MR) is 67.5 cm³/mol. The second kappa shape index (κ2) is 5.25. The molecule has 0 saturated carbocycles. The van der Waals surface area contributed by atoms with Gasteiger partial charge in [0, 0.05) is 23.0 Å². The van der Waals surface area contributed by atoms with E-state index in [4.69, 9.17) is 0 Å². The number of ketones is 1. The minimum Gasteiger partial charge on any atom is -0.364 e. The van der Waals surface area contributed by atoms with E-state index in [-0.39, 0.29) is 10.6 Å². The highest BCUT2D eigenvalue weighted by Crippen LogP contribution is 2.21. The van der Waals surface area contributed by atoms with Gasteiger partial charge in [0.05, 0.1) is 4.83 Å². The molecule has 1 aromatic rings. The molecule has 0 amide bonds. The molecule has 0 aliphatic rings. The van der Waals surface area contributed by atoms with Crippen molar-refractivity contribution in [2.24, 2.45) is 0 Å². The molecule has 2 nitrogen and oxygen atoms in total. The van der Waals surface area contributed by atoms with Crippen LogP contribution in [0.2, 0.25) is 0 Å². The summed E-state index contributed by atoms with van der Waals surface area (Å²) in [5.41, 5.74) is 1.82. The van der Waals surface area contributed by atoms with Crippen LogP contribution in [-0.2, 0) is 0 Å². The number of hydrogen-bond acceptors (Lipinski definition) is 1. The Morgan fingerprint density at radius 1 is 1.69 bits per heavy atom. The van der Waals surface area contributed by atoms with Gasteiger partial charge in [0.25, 0.3) is 0 Å². The summed E-state index contributed by atoms with van der Waals surface area (Å²) >= 11 is 3.21. The number of aryl methyl sites for hydroxylation is 1. The fraction of sp³-hybridized carbons (Fsp3) is 0.250. The molecule has 16 heavy (non-hydrogen) atoms. The number of rotatable bonds is 4. The molecule has 1 unspecified atom stereocenters. The van der Waals surface area contributed by atoms with Gasteiger partial charge in [0.2, 0.25) is 0 Å². The van der Waals surface area contributed by atoms with Crippen LogP contribution in [0, 0.1) is 6.92 Å². The standard InChI is InChI=1S/C12H13BrFNO/c1-4-9(14)5-10-8(3)15-6-11(10)12(16)7(2)13/h4-7,15H,1H2,2-3H3/b9-5+. The van der Waals surface area contributed by atoms with Crippen molar-refractivity contribution in [1.29, 1.82) is 0 Å². The van der Waals surface area contributed by atoms with Gasteiger partial charge in [-0.3, -0.25) is 4.79 Å². The second-order valence-electron chi connectivity index (χ2n) is 3.45. The lowest BCUT2D eigenvalue weighted by Crippen LogP contribution is -2.10. The Hall–Kier alpha value is -1.16. The lowest BCUT2D eigenvalue weighted by atomic mass is 10.1. The minimum atomic E-state index is -0.459. The number of allylic oxidation sites excluding steroid dienone is 2. The van der Waals surface area contributed by atoms with Crippen LogP contribution < -0.4 is 0 Å². The number of hydrogen-bond donors (Lipinski definition) is 1. The van der Waals surface area contributed by atoms with Crippen LogP contribution in [0.25, 0.3) is 6.08 Å². The van der Waals surface area contributed by atoms with Crippen LogP contribution in [0.3, 0.4) is 0 Å². The Balaban J connectivity index is 3.23. The molecule has 0 saturated heterocycles. The van der Waals surface area contributed by atoms with Gasteiger partial charge < -0.3 is 4.98 Å². The van der Waals surface area contributed by atoms with Crippen molar-refractivity contribution in [2.75, 3.05) is 0 Å². The number of carbonyl (C=O) groups excluding carboxylic acids is 1. The van der Waals surface area contributed by atoms with E-state index < -0.39 is 5.83 Å². The molecule has 1 atom stereocenters. The Kier molecular flexibility index (Phi) is 4.24. The molecule has 0 spiro atoms. The number of aromatic nitrogens is 1. The van der Waals surface area contributed by atoms with E-state index in [2.05, 4.69) is 27.5 Å². The van der Waals surface area contributed by atoms with E-state index in [1.807, 2.05) is 0 Å². The van der Waals surface area contributed by atoms with E-state index in [0.29, 0.717) is 11.1 Å². The molecule has 0 fully saturated rings. The molecule has 0 aliphatic carbocycles. The van der Waals surface area contributed by atoms with Crippen molar-refractivity contribution in [3.8, 4) is 0 Å². The van der Waals surface area contributed by atoms with Gasteiger partial charge in [-0.1, -0.05) is 22.5 Å². The van der Waals surface area contributed by atoms with Gasteiger partial charge in [-0.25, -0.2) is 4.39 Å². The average Bonchev–Trinajstić information content (AvgIpc) is 2.59. The maximum atomic E-state index is 13.1. The Morgan fingerprint density at radius 3 is 2.81 bits per heavy atom. The molecule has 1 aromatic heterocycles. The first-order valence-electron chi connectivity index (χ1n) is 4.83. The lowest BCUT2D eigenvalue weighted by molar-refractivity contribution is 0.0996. The molecular weight excluding hydrogens is 273 g/mol. The zero-order valence-electron chi connectivity index (χ0n) is 9.18. The van der Waals surface area contributed by atoms with Crippen molar-refractivity contribution in [3.05, 3.63) is 41.5 Å². The van der Waals surface area contributed by atoms with Gasteiger partial charge in [-0.05, 0) is 26.0 Å². The van der Waals surface area contributed by atoms with Crippen LogP contribution in [0.5, 0.6) is 0 Å². The minimum absolute atomic E-state index is 0.0764. The first-order valence-corrected chi connectivity index (χ1v) is 5.74. The predicted octanol–water partition coefficient (Wildman–Crippen LogP) is 3.79. The third-order valence-corrected chi connectivity index (χ3v) is 2.65. The quantitative estimate of drug-likeness (QED) is 0.510. The summed E-state index contributed by atoms with van der Waals surface area (Å²) in [6.45, 7) is 6.86. The van der Waals surface area contributed by atoms with E-state index in [9.17, 15) is 9.18 Å². The summed E-state index contributed by atoms with van der Waals surface area (Å²) in [4.78, 5) is 14.4. The summed E-state index contributed by atoms with van der Waals surface area (Å²) in [5, 5.41) is 0. The van der Waals surface area contributed by atoms with E-state index in [0.717, 1.165) is 11.8 Å². The third kappa shape index (κ3) is 2.70. The Labute approximate surface area is 102 Å². The monoisotopic (exact) mass is 285 g/mol. The average molecular weight is 286 g/mol. The summed E-state index contributed by atoms with van der Waals surface area (Å²) in [5.74, 6) is -0.536. The van der Waals surface area contributed by atoms with Crippen molar-refractivity contribution in [3.63, 3.8) is 0 Å². The molecule has 1 heterocycles. The highest BCUT2D eigenvalue weighted by atomic mass is 79.9. The van der Waals surface area contributed by atoms with E-state index in [1.54, 1.807) is 20.0 Å². The van der Waals surface area contributed by atoms with Gasteiger partial charge in [0.15, 0.2) is 5.78 Å². The molecule has 4 heteroatoms. The number of H-pyrrole nitrogens is 1. The zero-order chi connectivity index (χ0) is 12.3. The largest absolute Gasteiger partial charge is 0.364 e. The molecule has 1 N–H and O–H groups in total. The highest BCUT2D eigenvalue weighted by molar-refractivity contribution is 9.10. The number of alkyl halides is 1. The van der Waals surface area contributed by atoms with Crippen LogP contribution in [-0.4, -0.2) is 15.6 Å². The van der Waals surface area contributed by atoms with Gasteiger partial charge in [0.1, 0.15) is 5.83 Å². The number of halogens is 2. The Morgan fingerprint density at radius 2 is 2.31 bits per heavy atom. The fourth-order valence-corrected chi connectivity index (χ4v) is 1.59. The summed E-state index contributed by atoms with van der Waals surface area (Å²) in [6.07, 6.45) is 4.01. The number of aromatic amines is 1. The van der Waals surface area contributed by atoms with Crippen LogP contribution in [0.15, 0.2) is 24.7 Å². The Bertz CT molecular complexity index is 446.